The lowest BCUT2D eigenvalue weighted by Crippen LogP contribution is -2.15. The summed E-state index contributed by atoms with van der Waals surface area (Å²) in [6.07, 6.45) is 0.964. The number of carboxylic acid groups (broad SMARTS) is 1. The fraction of sp³-hybridized carbons (Fsp3) is 0.538. The minimum absolute atomic E-state index is 0.152. The van der Waals surface area contributed by atoms with Crippen molar-refractivity contribution in [1.82, 2.24) is 4.98 Å². The average molecular weight is 251 g/mol. The Kier molecular flexibility index (Phi) is 3.81. The fourth-order valence-electron chi connectivity index (χ4n) is 2.09. The first kappa shape index (κ1) is 12.8. The van der Waals surface area contributed by atoms with Crippen LogP contribution in [0.3, 0.4) is 0 Å². The normalized spacial score (nSPS) is 18.9. The summed E-state index contributed by atoms with van der Waals surface area (Å²) in [5, 5.41) is 9.18. The van der Waals surface area contributed by atoms with E-state index in [0.29, 0.717) is 30.6 Å². The van der Waals surface area contributed by atoms with Gasteiger partial charge in [-0.25, -0.2) is 4.79 Å². The van der Waals surface area contributed by atoms with E-state index in [4.69, 9.17) is 9.47 Å². The largest absolute Gasteiger partial charge is 0.492 e. The second kappa shape index (κ2) is 5.35. The molecule has 2 heterocycles. The van der Waals surface area contributed by atoms with Crippen LogP contribution in [0.4, 0.5) is 0 Å². The smallest absolute Gasteiger partial charge is 0.341 e. The Morgan fingerprint density at radius 1 is 1.61 bits per heavy atom. The summed E-state index contributed by atoms with van der Waals surface area (Å²) in [4.78, 5) is 15.4. The Bertz CT molecular complexity index is 453. The number of carboxylic acids is 1. The topological polar surface area (TPSA) is 68.7 Å². The molecule has 0 spiro atoms. The van der Waals surface area contributed by atoms with Crippen LogP contribution in [0.15, 0.2) is 6.07 Å². The van der Waals surface area contributed by atoms with Gasteiger partial charge >= 0.3 is 5.97 Å². The Morgan fingerprint density at radius 2 is 2.39 bits per heavy atom. The molecule has 0 saturated carbocycles. The summed E-state index contributed by atoms with van der Waals surface area (Å²) in [5.74, 6) is -0.252. The molecule has 0 radical (unpaired) electrons. The van der Waals surface area contributed by atoms with Crippen molar-refractivity contribution in [2.24, 2.45) is 5.92 Å². The van der Waals surface area contributed by atoms with Crippen molar-refractivity contribution in [3.05, 3.63) is 23.0 Å². The van der Waals surface area contributed by atoms with E-state index in [2.05, 4.69) is 4.98 Å². The van der Waals surface area contributed by atoms with E-state index in [9.17, 15) is 9.90 Å². The summed E-state index contributed by atoms with van der Waals surface area (Å²) in [6.45, 7) is 5.44. The van der Waals surface area contributed by atoms with E-state index < -0.39 is 5.97 Å². The van der Waals surface area contributed by atoms with Crippen LogP contribution in [-0.2, 0) is 4.74 Å². The summed E-state index contributed by atoms with van der Waals surface area (Å²) in [7, 11) is 0. The van der Waals surface area contributed by atoms with Crippen molar-refractivity contribution in [2.45, 2.75) is 20.3 Å². The molecule has 1 fully saturated rings. The molecule has 2 rings (SSSR count). The molecule has 1 unspecified atom stereocenters. The highest BCUT2D eigenvalue weighted by Gasteiger charge is 2.20. The van der Waals surface area contributed by atoms with Gasteiger partial charge in [-0.2, -0.15) is 0 Å². The van der Waals surface area contributed by atoms with Gasteiger partial charge < -0.3 is 14.6 Å². The van der Waals surface area contributed by atoms with Gasteiger partial charge in [-0.15, -0.1) is 0 Å². The zero-order valence-corrected chi connectivity index (χ0v) is 10.6. The molecule has 1 atom stereocenters. The standard InChI is InChI=1S/C13H17NO4/c1-8-5-11(12(13(15)16)9(2)14-8)18-7-10-3-4-17-6-10/h5,10H,3-4,6-7H2,1-2H3,(H,15,16). The van der Waals surface area contributed by atoms with Crippen molar-refractivity contribution >= 4 is 5.97 Å². The third-order valence-electron chi connectivity index (χ3n) is 3.00. The third kappa shape index (κ3) is 2.79. The predicted molar refractivity (Wildman–Crippen MR) is 65.1 cm³/mol. The van der Waals surface area contributed by atoms with Crippen molar-refractivity contribution in [3.63, 3.8) is 0 Å². The molecule has 0 amide bonds. The summed E-state index contributed by atoms with van der Waals surface area (Å²) >= 11 is 0. The number of nitrogens with zero attached hydrogens (tertiary/aromatic N) is 1. The van der Waals surface area contributed by atoms with Crippen LogP contribution in [0.1, 0.15) is 28.2 Å². The molecule has 0 aromatic carbocycles. The molecule has 1 aliphatic heterocycles. The average Bonchev–Trinajstić information content (AvgIpc) is 2.77. The molecule has 1 aliphatic rings. The highest BCUT2D eigenvalue weighted by Crippen LogP contribution is 2.24. The SMILES string of the molecule is Cc1cc(OCC2CCOC2)c(C(=O)O)c(C)n1. The van der Waals surface area contributed by atoms with Crippen molar-refractivity contribution < 1.29 is 19.4 Å². The molecular formula is C13H17NO4. The fourth-order valence-corrected chi connectivity index (χ4v) is 2.09. The highest BCUT2D eigenvalue weighted by molar-refractivity contribution is 5.92. The number of aromatic carboxylic acids is 1. The summed E-state index contributed by atoms with van der Waals surface area (Å²) in [5.41, 5.74) is 1.40. The molecule has 1 aromatic heterocycles. The monoisotopic (exact) mass is 251 g/mol. The van der Waals surface area contributed by atoms with Gasteiger partial charge in [-0.1, -0.05) is 0 Å². The van der Waals surface area contributed by atoms with Crippen LogP contribution in [0.5, 0.6) is 5.75 Å². The van der Waals surface area contributed by atoms with E-state index in [1.807, 2.05) is 6.92 Å². The minimum Gasteiger partial charge on any atom is -0.492 e. The number of rotatable bonds is 4. The third-order valence-corrected chi connectivity index (χ3v) is 3.00. The molecule has 98 valence electrons. The molecule has 1 N–H and O–H groups in total. The van der Waals surface area contributed by atoms with E-state index in [1.54, 1.807) is 13.0 Å². The Hall–Kier alpha value is -1.62. The van der Waals surface area contributed by atoms with E-state index in [0.717, 1.165) is 18.7 Å². The van der Waals surface area contributed by atoms with Crippen LogP contribution in [0.2, 0.25) is 0 Å². The summed E-state index contributed by atoms with van der Waals surface area (Å²) < 4.78 is 10.9. The van der Waals surface area contributed by atoms with Gasteiger partial charge in [0.15, 0.2) is 0 Å². The minimum atomic E-state index is -1.00. The first-order valence-corrected chi connectivity index (χ1v) is 6.00. The lowest BCUT2D eigenvalue weighted by Gasteiger charge is -2.14. The van der Waals surface area contributed by atoms with Crippen LogP contribution in [-0.4, -0.2) is 35.9 Å². The molecule has 5 nitrogen and oxygen atoms in total. The molecule has 0 bridgehead atoms. The number of hydrogen-bond acceptors (Lipinski definition) is 4. The molecular weight excluding hydrogens is 234 g/mol. The number of aromatic nitrogens is 1. The van der Waals surface area contributed by atoms with Gasteiger partial charge in [0.25, 0.3) is 0 Å². The maximum Gasteiger partial charge on any atom is 0.341 e. The van der Waals surface area contributed by atoms with Gasteiger partial charge in [0.05, 0.1) is 18.9 Å². The van der Waals surface area contributed by atoms with Crippen molar-refractivity contribution in [3.8, 4) is 5.75 Å². The number of pyridine rings is 1. The Morgan fingerprint density at radius 3 is 3.00 bits per heavy atom. The van der Waals surface area contributed by atoms with Crippen LogP contribution < -0.4 is 4.74 Å². The van der Waals surface area contributed by atoms with Gasteiger partial charge in [-0.05, 0) is 20.3 Å². The first-order chi connectivity index (χ1) is 8.58. The number of aryl methyl sites for hydroxylation is 2. The first-order valence-electron chi connectivity index (χ1n) is 6.00. The van der Waals surface area contributed by atoms with Crippen LogP contribution in [0, 0.1) is 19.8 Å². The number of ether oxygens (including phenoxy) is 2. The summed E-state index contributed by atoms with van der Waals surface area (Å²) in [6, 6.07) is 1.67. The van der Waals surface area contributed by atoms with Gasteiger partial charge in [-0.3, -0.25) is 4.98 Å². The van der Waals surface area contributed by atoms with Gasteiger partial charge in [0.1, 0.15) is 11.3 Å². The van der Waals surface area contributed by atoms with Crippen LogP contribution in [0.25, 0.3) is 0 Å². The molecule has 18 heavy (non-hydrogen) atoms. The second-order valence-corrected chi connectivity index (χ2v) is 4.57. The Balaban J connectivity index is 2.16. The van der Waals surface area contributed by atoms with Crippen molar-refractivity contribution in [1.29, 1.82) is 0 Å². The maximum absolute atomic E-state index is 11.2. The lowest BCUT2D eigenvalue weighted by molar-refractivity contribution is 0.0689. The quantitative estimate of drug-likeness (QED) is 0.883. The highest BCUT2D eigenvalue weighted by atomic mass is 16.5. The predicted octanol–water partition coefficient (Wildman–Crippen LogP) is 1.81. The molecule has 1 saturated heterocycles. The van der Waals surface area contributed by atoms with Gasteiger partial charge in [0.2, 0.25) is 0 Å². The molecule has 5 heteroatoms. The second-order valence-electron chi connectivity index (χ2n) is 4.57. The molecule has 1 aromatic rings. The van der Waals surface area contributed by atoms with Crippen LogP contribution >= 0.6 is 0 Å². The lowest BCUT2D eigenvalue weighted by atomic mass is 10.1. The zero-order chi connectivity index (χ0) is 13.1. The maximum atomic E-state index is 11.2. The zero-order valence-electron chi connectivity index (χ0n) is 10.6. The van der Waals surface area contributed by atoms with E-state index in [-0.39, 0.29) is 5.56 Å². The van der Waals surface area contributed by atoms with Gasteiger partial charge in [0, 0.05) is 24.3 Å². The van der Waals surface area contributed by atoms with E-state index in [1.165, 1.54) is 0 Å². The molecule has 0 aliphatic carbocycles. The van der Waals surface area contributed by atoms with E-state index >= 15 is 0 Å². The van der Waals surface area contributed by atoms with Crippen molar-refractivity contribution in [2.75, 3.05) is 19.8 Å². The number of carbonyl (C=O) groups is 1. The number of hydrogen-bond donors (Lipinski definition) is 1. The Labute approximate surface area is 106 Å².